The maximum absolute atomic E-state index is 11.4. The maximum atomic E-state index is 11.4. The second-order valence-electron chi connectivity index (χ2n) is 4.21. The van der Waals surface area contributed by atoms with E-state index >= 15 is 0 Å². The van der Waals surface area contributed by atoms with Crippen LogP contribution < -0.4 is 5.73 Å². The van der Waals surface area contributed by atoms with Gasteiger partial charge in [-0.25, -0.2) is 0 Å². The van der Waals surface area contributed by atoms with Gasteiger partial charge in [-0.3, -0.25) is 4.79 Å². The lowest BCUT2D eigenvalue weighted by molar-refractivity contribution is 0.100. The molecule has 17 heavy (non-hydrogen) atoms. The lowest BCUT2D eigenvalue weighted by Gasteiger charge is -1.98. The Morgan fingerprint density at radius 2 is 1.94 bits per heavy atom. The van der Waals surface area contributed by atoms with Crippen molar-refractivity contribution in [3.63, 3.8) is 0 Å². The van der Waals surface area contributed by atoms with Crippen molar-refractivity contribution in [3.8, 4) is 0 Å². The molecule has 0 spiro atoms. The third kappa shape index (κ3) is 1.32. The van der Waals surface area contributed by atoms with Gasteiger partial charge < -0.3 is 10.7 Å². The molecule has 3 aromatic rings. The van der Waals surface area contributed by atoms with Gasteiger partial charge in [0.15, 0.2) is 0 Å². The molecule has 3 rings (SSSR count). The van der Waals surface area contributed by atoms with Crippen molar-refractivity contribution < 1.29 is 4.79 Å². The minimum atomic E-state index is -0.391. The number of aromatic nitrogens is 1. The average molecular weight is 224 g/mol. The van der Waals surface area contributed by atoms with Gasteiger partial charge in [-0.1, -0.05) is 24.3 Å². The fourth-order valence-electron chi connectivity index (χ4n) is 2.33. The predicted octanol–water partition coefficient (Wildman–Crippen LogP) is 2.73. The van der Waals surface area contributed by atoms with Crippen LogP contribution in [0.2, 0.25) is 0 Å². The zero-order valence-corrected chi connectivity index (χ0v) is 9.45. The van der Waals surface area contributed by atoms with E-state index < -0.39 is 5.91 Å². The number of para-hydroxylation sites is 1. The molecule has 84 valence electrons. The molecule has 2 aromatic carbocycles. The number of benzene rings is 2. The molecule has 1 aromatic heterocycles. The average Bonchev–Trinajstić information content (AvgIpc) is 2.69. The van der Waals surface area contributed by atoms with E-state index in [9.17, 15) is 4.79 Å². The Morgan fingerprint density at radius 1 is 1.18 bits per heavy atom. The van der Waals surface area contributed by atoms with Gasteiger partial charge in [-0.2, -0.15) is 0 Å². The summed E-state index contributed by atoms with van der Waals surface area (Å²) in [5, 5.41) is 1.97. The molecule has 0 atom stereocenters. The van der Waals surface area contributed by atoms with Gasteiger partial charge in [0.2, 0.25) is 5.91 Å². The van der Waals surface area contributed by atoms with E-state index in [2.05, 4.69) is 4.98 Å². The zero-order chi connectivity index (χ0) is 12.0. The smallest absolute Gasteiger partial charge is 0.249 e. The SMILES string of the molecule is Cc1cccc2c1[nH]c1cccc(C(N)=O)c12. The number of rotatable bonds is 1. The fraction of sp³-hybridized carbons (Fsp3) is 0.0714. The summed E-state index contributed by atoms with van der Waals surface area (Å²) >= 11 is 0. The van der Waals surface area contributed by atoms with Crippen LogP contribution >= 0.6 is 0 Å². The molecule has 1 heterocycles. The van der Waals surface area contributed by atoms with Crippen LogP contribution in [0.25, 0.3) is 21.8 Å². The molecule has 3 heteroatoms. The quantitative estimate of drug-likeness (QED) is 0.656. The van der Waals surface area contributed by atoms with Crippen molar-refractivity contribution in [2.45, 2.75) is 6.92 Å². The summed E-state index contributed by atoms with van der Waals surface area (Å²) in [7, 11) is 0. The van der Waals surface area contributed by atoms with Gasteiger partial charge >= 0.3 is 0 Å². The van der Waals surface area contributed by atoms with Crippen molar-refractivity contribution >= 4 is 27.7 Å². The van der Waals surface area contributed by atoms with Crippen LogP contribution in [-0.4, -0.2) is 10.9 Å². The number of carbonyl (C=O) groups is 1. The minimum absolute atomic E-state index is 0.391. The number of primary amides is 1. The van der Waals surface area contributed by atoms with Crippen molar-refractivity contribution in [3.05, 3.63) is 47.5 Å². The molecule has 0 saturated carbocycles. The molecule has 0 bridgehead atoms. The molecule has 0 aliphatic rings. The van der Waals surface area contributed by atoms with Crippen LogP contribution in [-0.2, 0) is 0 Å². The van der Waals surface area contributed by atoms with Gasteiger partial charge in [0.1, 0.15) is 0 Å². The van der Waals surface area contributed by atoms with E-state index in [1.54, 1.807) is 6.07 Å². The number of aryl methyl sites for hydroxylation is 1. The highest BCUT2D eigenvalue weighted by Gasteiger charge is 2.12. The van der Waals surface area contributed by atoms with Crippen molar-refractivity contribution in [1.82, 2.24) is 4.98 Å². The van der Waals surface area contributed by atoms with Crippen molar-refractivity contribution in [1.29, 1.82) is 0 Å². The fourth-order valence-corrected chi connectivity index (χ4v) is 2.33. The van der Waals surface area contributed by atoms with Gasteiger partial charge in [-0.15, -0.1) is 0 Å². The van der Waals surface area contributed by atoms with Crippen molar-refractivity contribution in [2.24, 2.45) is 5.73 Å². The summed E-state index contributed by atoms with van der Waals surface area (Å²) in [6.07, 6.45) is 0. The summed E-state index contributed by atoms with van der Waals surface area (Å²) in [4.78, 5) is 14.8. The predicted molar refractivity (Wildman–Crippen MR) is 69.1 cm³/mol. The highest BCUT2D eigenvalue weighted by atomic mass is 16.1. The molecule has 1 amide bonds. The van der Waals surface area contributed by atoms with E-state index in [0.29, 0.717) is 5.56 Å². The van der Waals surface area contributed by atoms with E-state index in [1.165, 1.54) is 0 Å². The summed E-state index contributed by atoms with van der Waals surface area (Å²) in [5.41, 5.74) is 9.16. The van der Waals surface area contributed by atoms with Gasteiger partial charge in [0.05, 0.1) is 0 Å². The van der Waals surface area contributed by atoms with Crippen LogP contribution in [0.15, 0.2) is 36.4 Å². The monoisotopic (exact) mass is 224 g/mol. The Hall–Kier alpha value is -2.29. The Morgan fingerprint density at radius 3 is 2.71 bits per heavy atom. The molecule has 0 saturated heterocycles. The summed E-state index contributed by atoms with van der Waals surface area (Å²) in [6.45, 7) is 2.04. The zero-order valence-electron chi connectivity index (χ0n) is 9.45. The number of hydrogen-bond donors (Lipinski definition) is 2. The first-order valence-electron chi connectivity index (χ1n) is 5.48. The highest BCUT2D eigenvalue weighted by Crippen LogP contribution is 2.29. The Kier molecular flexibility index (Phi) is 1.95. The van der Waals surface area contributed by atoms with E-state index in [-0.39, 0.29) is 0 Å². The summed E-state index contributed by atoms with van der Waals surface area (Å²) in [5.74, 6) is -0.391. The largest absolute Gasteiger partial charge is 0.366 e. The third-order valence-corrected chi connectivity index (χ3v) is 3.13. The number of hydrogen-bond acceptors (Lipinski definition) is 1. The molecule has 0 aliphatic heterocycles. The number of carbonyl (C=O) groups excluding carboxylic acids is 1. The second-order valence-corrected chi connectivity index (χ2v) is 4.21. The third-order valence-electron chi connectivity index (χ3n) is 3.13. The molecule has 0 unspecified atom stereocenters. The molecule has 3 N–H and O–H groups in total. The van der Waals surface area contributed by atoms with Crippen LogP contribution in [0.5, 0.6) is 0 Å². The molecule has 0 fully saturated rings. The standard InChI is InChI=1S/C14H12N2O/c1-8-4-2-5-9-12-10(14(15)17)6-3-7-11(12)16-13(8)9/h2-7,16H,1H3,(H2,15,17). The molecule has 0 aliphatic carbocycles. The van der Waals surface area contributed by atoms with E-state index in [0.717, 1.165) is 27.4 Å². The van der Waals surface area contributed by atoms with Crippen LogP contribution in [0, 0.1) is 6.92 Å². The minimum Gasteiger partial charge on any atom is -0.366 e. The Labute approximate surface area is 98.2 Å². The van der Waals surface area contributed by atoms with Crippen molar-refractivity contribution in [2.75, 3.05) is 0 Å². The Balaban J connectivity index is 2.59. The molecule has 0 radical (unpaired) electrons. The summed E-state index contributed by atoms with van der Waals surface area (Å²) < 4.78 is 0. The van der Waals surface area contributed by atoms with Crippen LogP contribution in [0.3, 0.4) is 0 Å². The molecular formula is C14H12N2O. The van der Waals surface area contributed by atoms with E-state index in [1.807, 2.05) is 37.3 Å². The number of fused-ring (bicyclic) bond motifs is 3. The number of amides is 1. The lowest BCUT2D eigenvalue weighted by atomic mass is 10.0. The first-order valence-corrected chi connectivity index (χ1v) is 5.48. The van der Waals surface area contributed by atoms with E-state index in [4.69, 9.17) is 5.73 Å². The number of aromatic amines is 1. The van der Waals surface area contributed by atoms with Crippen LogP contribution in [0.4, 0.5) is 0 Å². The normalized spacial score (nSPS) is 11.1. The van der Waals surface area contributed by atoms with Gasteiger partial charge in [-0.05, 0) is 24.6 Å². The number of nitrogens with one attached hydrogen (secondary N) is 1. The number of H-pyrrole nitrogens is 1. The van der Waals surface area contributed by atoms with Gasteiger partial charge in [0.25, 0.3) is 0 Å². The lowest BCUT2D eigenvalue weighted by Crippen LogP contribution is -2.10. The topological polar surface area (TPSA) is 58.9 Å². The molecular weight excluding hydrogens is 212 g/mol. The maximum Gasteiger partial charge on any atom is 0.249 e. The molecule has 3 nitrogen and oxygen atoms in total. The summed E-state index contributed by atoms with van der Waals surface area (Å²) in [6, 6.07) is 11.6. The number of nitrogens with two attached hydrogens (primary N) is 1. The second kappa shape index (κ2) is 3.35. The van der Waals surface area contributed by atoms with Crippen LogP contribution in [0.1, 0.15) is 15.9 Å². The first-order chi connectivity index (χ1) is 8.18. The van der Waals surface area contributed by atoms with Gasteiger partial charge in [0, 0.05) is 27.4 Å². The first kappa shape index (κ1) is 9.90. The Bertz CT molecular complexity index is 740. The highest BCUT2D eigenvalue weighted by molar-refractivity contribution is 6.17.